The van der Waals surface area contributed by atoms with Crippen LogP contribution < -0.4 is 5.32 Å². The zero-order valence-corrected chi connectivity index (χ0v) is 13.4. The fourth-order valence-corrected chi connectivity index (χ4v) is 5.46. The fourth-order valence-electron chi connectivity index (χ4n) is 5.46. The molecule has 3 aliphatic carbocycles. The van der Waals surface area contributed by atoms with E-state index in [1.807, 2.05) is 0 Å². The molecule has 4 unspecified atom stereocenters. The average molecular weight is 283 g/mol. The van der Waals surface area contributed by atoms with Gasteiger partial charge in [0.25, 0.3) is 0 Å². The number of nitrogens with one attached hydrogen (secondary N) is 1. The molecule has 114 valence electrons. The average Bonchev–Trinajstić information content (AvgIpc) is 3.07. The van der Waals surface area contributed by atoms with Crippen LogP contribution in [0.3, 0.4) is 0 Å². The summed E-state index contributed by atoms with van der Waals surface area (Å²) in [5.41, 5.74) is 2.04. The minimum absolute atomic E-state index is 0.457. The molecule has 2 bridgehead atoms. The maximum absolute atomic E-state index is 3.87. The van der Waals surface area contributed by atoms with Crippen molar-refractivity contribution in [1.82, 2.24) is 5.32 Å². The molecule has 0 aromatic heterocycles. The van der Waals surface area contributed by atoms with Gasteiger partial charge in [0, 0.05) is 11.5 Å². The maximum atomic E-state index is 3.87. The summed E-state index contributed by atoms with van der Waals surface area (Å²) < 4.78 is 0. The first-order chi connectivity index (χ1) is 10.3. The van der Waals surface area contributed by atoms with E-state index in [0.717, 1.165) is 24.3 Å². The molecule has 1 aromatic carbocycles. The van der Waals surface area contributed by atoms with E-state index in [0.29, 0.717) is 11.5 Å². The Labute approximate surface area is 129 Å². The number of likely N-dealkylation sites (N-methyl/N-ethyl adjacent to an activating group) is 1. The summed E-state index contributed by atoms with van der Waals surface area (Å²) in [5.74, 6) is 3.14. The van der Waals surface area contributed by atoms with Gasteiger partial charge in [-0.3, -0.25) is 0 Å². The third-order valence-electron chi connectivity index (χ3n) is 6.68. The molecule has 21 heavy (non-hydrogen) atoms. The minimum atomic E-state index is 0.457. The lowest BCUT2D eigenvalue weighted by Crippen LogP contribution is -2.42. The van der Waals surface area contributed by atoms with Crippen molar-refractivity contribution in [3.63, 3.8) is 0 Å². The molecule has 1 N–H and O–H groups in total. The van der Waals surface area contributed by atoms with Crippen molar-refractivity contribution in [3.05, 3.63) is 35.9 Å². The van der Waals surface area contributed by atoms with Crippen LogP contribution >= 0.6 is 0 Å². The molecule has 0 heterocycles. The Morgan fingerprint density at radius 3 is 2.52 bits per heavy atom. The van der Waals surface area contributed by atoms with Crippen molar-refractivity contribution in [2.45, 2.75) is 63.3 Å². The molecule has 0 saturated heterocycles. The lowest BCUT2D eigenvalue weighted by Gasteiger charge is -2.33. The normalized spacial score (nSPS) is 34.0. The van der Waals surface area contributed by atoms with Crippen LogP contribution in [0, 0.1) is 17.8 Å². The Kier molecular flexibility index (Phi) is 3.57. The van der Waals surface area contributed by atoms with E-state index in [1.54, 1.807) is 12.0 Å². The van der Waals surface area contributed by atoms with Crippen molar-refractivity contribution in [3.8, 4) is 0 Å². The summed E-state index contributed by atoms with van der Waals surface area (Å²) in [6.07, 6.45) is 10.3. The second-order valence-corrected chi connectivity index (χ2v) is 7.80. The highest BCUT2D eigenvalue weighted by molar-refractivity contribution is 5.34. The Morgan fingerprint density at radius 2 is 1.95 bits per heavy atom. The van der Waals surface area contributed by atoms with E-state index < -0.39 is 0 Å². The molecule has 3 aliphatic rings. The molecule has 1 heteroatoms. The predicted octanol–water partition coefficient (Wildman–Crippen LogP) is 4.52. The number of rotatable bonds is 6. The van der Waals surface area contributed by atoms with Crippen LogP contribution in [0.25, 0.3) is 0 Å². The van der Waals surface area contributed by atoms with Crippen molar-refractivity contribution in [2.24, 2.45) is 17.8 Å². The first-order valence-corrected chi connectivity index (χ1v) is 9.11. The van der Waals surface area contributed by atoms with E-state index >= 15 is 0 Å². The fraction of sp³-hybridized carbons (Fsp3) is 0.700. The minimum Gasteiger partial charge on any atom is -0.313 e. The van der Waals surface area contributed by atoms with Crippen LogP contribution in [0.1, 0.15) is 57.4 Å². The Balaban J connectivity index is 1.52. The number of benzene rings is 1. The van der Waals surface area contributed by atoms with Gasteiger partial charge in [-0.1, -0.05) is 43.7 Å². The summed E-state index contributed by atoms with van der Waals surface area (Å²) in [7, 11) is 0. The molecule has 0 amide bonds. The zero-order chi connectivity index (χ0) is 14.3. The van der Waals surface area contributed by atoms with Gasteiger partial charge in [-0.2, -0.15) is 0 Å². The van der Waals surface area contributed by atoms with Crippen LogP contribution in [0.2, 0.25) is 0 Å². The molecule has 3 saturated carbocycles. The molecule has 4 rings (SSSR count). The van der Waals surface area contributed by atoms with Gasteiger partial charge in [-0.25, -0.2) is 0 Å². The molecule has 1 aromatic rings. The highest BCUT2D eigenvalue weighted by atomic mass is 14.9. The van der Waals surface area contributed by atoms with Crippen LogP contribution in [-0.4, -0.2) is 12.6 Å². The van der Waals surface area contributed by atoms with Gasteiger partial charge >= 0.3 is 0 Å². The Hall–Kier alpha value is -0.820. The van der Waals surface area contributed by atoms with Crippen LogP contribution in [0.15, 0.2) is 30.3 Å². The number of hydrogen-bond donors (Lipinski definition) is 1. The van der Waals surface area contributed by atoms with Crippen LogP contribution in [-0.2, 0) is 5.41 Å². The maximum Gasteiger partial charge on any atom is 0.0167 e. The second kappa shape index (κ2) is 5.43. The summed E-state index contributed by atoms with van der Waals surface area (Å²) in [6.45, 7) is 3.38. The van der Waals surface area contributed by atoms with Crippen molar-refractivity contribution >= 4 is 0 Å². The van der Waals surface area contributed by atoms with E-state index in [1.165, 1.54) is 38.5 Å². The van der Waals surface area contributed by atoms with Gasteiger partial charge in [0.05, 0.1) is 0 Å². The van der Waals surface area contributed by atoms with Crippen molar-refractivity contribution < 1.29 is 0 Å². The standard InChI is InChI=1S/C20H29N/c1-2-21-19(14-17-13-15-8-9-16(17)12-15)20(10-11-20)18-6-4-3-5-7-18/h3-7,15-17,19,21H,2,8-14H2,1H3. The first kappa shape index (κ1) is 13.8. The summed E-state index contributed by atoms with van der Waals surface area (Å²) in [5, 5.41) is 3.87. The quantitative estimate of drug-likeness (QED) is 0.809. The van der Waals surface area contributed by atoms with Crippen LogP contribution in [0.4, 0.5) is 0 Å². The largest absolute Gasteiger partial charge is 0.313 e. The third kappa shape index (κ3) is 2.44. The molecule has 3 fully saturated rings. The van der Waals surface area contributed by atoms with Gasteiger partial charge < -0.3 is 5.32 Å². The predicted molar refractivity (Wildman–Crippen MR) is 88.4 cm³/mol. The molecule has 0 radical (unpaired) electrons. The Bertz CT molecular complexity index is 476. The van der Waals surface area contributed by atoms with Gasteiger partial charge in [0.15, 0.2) is 0 Å². The number of fused-ring (bicyclic) bond motifs is 2. The van der Waals surface area contributed by atoms with E-state index in [9.17, 15) is 0 Å². The summed E-state index contributed by atoms with van der Waals surface area (Å²) >= 11 is 0. The molecular formula is C20H29N. The highest BCUT2D eigenvalue weighted by Gasteiger charge is 2.52. The number of hydrogen-bond acceptors (Lipinski definition) is 1. The molecule has 0 spiro atoms. The first-order valence-electron chi connectivity index (χ1n) is 9.11. The van der Waals surface area contributed by atoms with E-state index in [4.69, 9.17) is 0 Å². The highest BCUT2D eigenvalue weighted by Crippen LogP contribution is 2.56. The molecule has 4 atom stereocenters. The Morgan fingerprint density at radius 1 is 1.14 bits per heavy atom. The molecule has 1 nitrogen and oxygen atoms in total. The molecule has 0 aliphatic heterocycles. The van der Waals surface area contributed by atoms with Crippen molar-refractivity contribution in [1.29, 1.82) is 0 Å². The van der Waals surface area contributed by atoms with Crippen LogP contribution in [0.5, 0.6) is 0 Å². The lowest BCUT2D eigenvalue weighted by molar-refractivity contribution is 0.255. The summed E-state index contributed by atoms with van der Waals surface area (Å²) in [6, 6.07) is 12.0. The topological polar surface area (TPSA) is 12.0 Å². The smallest absolute Gasteiger partial charge is 0.0167 e. The van der Waals surface area contributed by atoms with E-state index in [-0.39, 0.29) is 0 Å². The van der Waals surface area contributed by atoms with Gasteiger partial charge in [0.2, 0.25) is 0 Å². The SMILES string of the molecule is CCNC(CC1CC2CCC1C2)C1(c2ccccc2)CC1. The van der Waals surface area contributed by atoms with Crippen molar-refractivity contribution in [2.75, 3.05) is 6.54 Å². The lowest BCUT2D eigenvalue weighted by atomic mass is 9.78. The van der Waals surface area contributed by atoms with Gasteiger partial charge in [0.1, 0.15) is 0 Å². The summed E-state index contributed by atoms with van der Waals surface area (Å²) in [4.78, 5) is 0. The van der Waals surface area contributed by atoms with E-state index in [2.05, 4.69) is 42.6 Å². The monoisotopic (exact) mass is 283 g/mol. The zero-order valence-electron chi connectivity index (χ0n) is 13.4. The van der Waals surface area contributed by atoms with Gasteiger partial charge in [-0.15, -0.1) is 0 Å². The molecular weight excluding hydrogens is 254 g/mol. The second-order valence-electron chi connectivity index (χ2n) is 7.80. The van der Waals surface area contributed by atoms with Gasteiger partial charge in [-0.05, 0) is 68.4 Å². The third-order valence-corrected chi connectivity index (χ3v) is 6.68.